The van der Waals surface area contributed by atoms with E-state index in [4.69, 9.17) is 0 Å². The van der Waals surface area contributed by atoms with Crippen molar-refractivity contribution in [3.05, 3.63) is 11.8 Å². The summed E-state index contributed by atoms with van der Waals surface area (Å²) in [5, 5.41) is 3.43. The Hall–Kier alpha value is -1.69. The van der Waals surface area contributed by atoms with Crippen LogP contribution in [0, 0.1) is 11.8 Å². The standard InChI is InChI=1S/C14H21N5O/c1-9(20)12-4-13(17-14(16-12)18(2)3)19-7-10-5-15-6-11(10)8-19/h4,10-11,15H,5-8H2,1-3H3. The molecule has 0 aromatic carbocycles. The van der Waals surface area contributed by atoms with E-state index in [9.17, 15) is 4.79 Å². The Bertz CT molecular complexity index is 518. The summed E-state index contributed by atoms with van der Waals surface area (Å²) < 4.78 is 0. The predicted octanol–water partition coefficient (Wildman–Crippen LogP) is 0.401. The maximum Gasteiger partial charge on any atom is 0.227 e. The number of nitrogens with zero attached hydrogens (tertiary/aromatic N) is 4. The molecule has 0 radical (unpaired) electrons. The first-order chi connectivity index (χ1) is 9.54. The van der Waals surface area contributed by atoms with E-state index in [0.717, 1.165) is 32.0 Å². The van der Waals surface area contributed by atoms with Gasteiger partial charge in [-0.15, -0.1) is 0 Å². The van der Waals surface area contributed by atoms with E-state index in [1.807, 2.05) is 25.1 Å². The molecule has 2 aliphatic rings. The third-order valence-corrected chi connectivity index (χ3v) is 4.18. The number of hydrogen-bond donors (Lipinski definition) is 1. The van der Waals surface area contributed by atoms with Crippen molar-refractivity contribution in [3.8, 4) is 0 Å². The molecule has 0 saturated carbocycles. The van der Waals surface area contributed by atoms with E-state index < -0.39 is 0 Å². The van der Waals surface area contributed by atoms with Crippen LogP contribution in [0.5, 0.6) is 0 Å². The molecule has 3 heterocycles. The van der Waals surface area contributed by atoms with Gasteiger partial charge in [0.25, 0.3) is 0 Å². The first-order valence-corrected chi connectivity index (χ1v) is 7.07. The van der Waals surface area contributed by atoms with Crippen molar-refractivity contribution in [2.75, 3.05) is 50.1 Å². The summed E-state index contributed by atoms with van der Waals surface area (Å²) in [5.41, 5.74) is 0.494. The summed E-state index contributed by atoms with van der Waals surface area (Å²) in [6.45, 7) is 5.75. The highest BCUT2D eigenvalue weighted by Crippen LogP contribution is 2.30. The van der Waals surface area contributed by atoms with Crippen LogP contribution in [0.15, 0.2) is 6.07 Å². The van der Waals surface area contributed by atoms with E-state index in [0.29, 0.717) is 23.5 Å². The highest BCUT2D eigenvalue weighted by Gasteiger charge is 2.36. The SMILES string of the molecule is CC(=O)c1cc(N2CC3CNCC3C2)nc(N(C)C)n1. The van der Waals surface area contributed by atoms with Crippen LogP contribution in [0.1, 0.15) is 17.4 Å². The number of carbonyl (C=O) groups is 1. The zero-order chi connectivity index (χ0) is 14.3. The van der Waals surface area contributed by atoms with Gasteiger partial charge in [-0.05, 0) is 11.8 Å². The zero-order valence-corrected chi connectivity index (χ0v) is 12.3. The molecule has 6 heteroatoms. The predicted molar refractivity (Wildman–Crippen MR) is 78.4 cm³/mol. The normalized spacial score (nSPS) is 24.9. The molecule has 3 rings (SSSR count). The lowest BCUT2D eigenvalue weighted by Crippen LogP contribution is -2.27. The van der Waals surface area contributed by atoms with E-state index in [-0.39, 0.29) is 5.78 Å². The van der Waals surface area contributed by atoms with Crippen molar-refractivity contribution in [1.82, 2.24) is 15.3 Å². The summed E-state index contributed by atoms with van der Waals surface area (Å²) in [7, 11) is 3.79. The van der Waals surface area contributed by atoms with E-state index in [2.05, 4.69) is 20.2 Å². The molecule has 20 heavy (non-hydrogen) atoms. The molecule has 1 N–H and O–H groups in total. The van der Waals surface area contributed by atoms with E-state index in [1.54, 1.807) is 6.92 Å². The molecule has 1 aromatic rings. The number of rotatable bonds is 3. The summed E-state index contributed by atoms with van der Waals surface area (Å²) >= 11 is 0. The number of Topliss-reactive ketones (excluding diaryl/α,β-unsaturated/α-hetero) is 1. The smallest absolute Gasteiger partial charge is 0.227 e. The summed E-state index contributed by atoms with van der Waals surface area (Å²) in [5.74, 6) is 2.87. The van der Waals surface area contributed by atoms with Crippen molar-refractivity contribution >= 4 is 17.5 Å². The Morgan fingerprint density at radius 3 is 2.50 bits per heavy atom. The van der Waals surface area contributed by atoms with Gasteiger partial charge in [0, 0.05) is 53.3 Å². The molecule has 0 amide bonds. The van der Waals surface area contributed by atoms with Gasteiger partial charge in [0.1, 0.15) is 11.5 Å². The monoisotopic (exact) mass is 275 g/mol. The third kappa shape index (κ3) is 2.35. The first kappa shape index (κ1) is 13.3. The van der Waals surface area contributed by atoms with Crippen molar-refractivity contribution in [3.63, 3.8) is 0 Å². The largest absolute Gasteiger partial charge is 0.356 e. The molecular formula is C14H21N5O. The molecule has 1 aromatic heterocycles. The van der Waals surface area contributed by atoms with Gasteiger partial charge in [-0.2, -0.15) is 4.98 Å². The number of fused-ring (bicyclic) bond motifs is 1. The highest BCUT2D eigenvalue weighted by atomic mass is 16.1. The Labute approximate surface area is 119 Å². The van der Waals surface area contributed by atoms with Crippen LogP contribution in [-0.4, -0.2) is 56.0 Å². The lowest BCUT2D eigenvalue weighted by molar-refractivity contribution is 0.101. The van der Waals surface area contributed by atoms with Crippen LogP contribution in [0.25, 0.3) is 0 Å². The number of carbonyl (C=O) groups excluding carboxylic acids is 1. The minimum Gasteiger partial charge on any atom is -0.356 e. The quantitative estimate of drug-likeness (QED) is 0.806. The van der Waals surface area contributed by atoms with Crippen LogP contribution < -0.4 is 15.1 Å². The fraction of sp³-hybridized carbons (Fsp3) is 0.643. The van der Waals surface area contributed by atoms with Gasteiger partial charge in [-0.3, -0.25) is 4.79 Å². The highest BCUT2D eigenvalue weighted by molar-refractivity contribution is 5.93. The fourth-order valence-corrected chi connectivity index (χ4v) is 3.01. The summed E-state index contributed by atoms with van der Waals surface area (Å²) in [4.78, 5) is 24.7. The van der Waals surface area contributed by atoms with Gasteiger partial charge < -0.3 is 15.1 Å². The molecule has 108 valence electrons. The molecule has 2 atom stereocenters. The molecule has 0 spiro atoms. The van der Waals surface area contributed by atoms with Crippen LogP contribution >= 0.6 is 0 Å². The average molecular weight is 275 g/mol. The van der Waals surface area contributed by atoms with Crippen LogP contribution in [0.2, 0.25) is 0 Å². The molecule has 2 fully saturated rings. The number of anilines is 2. The number of hydrogen-bond acceptors (Lipinski definition) is 6. The minimum absolute atomic E-state index is 0.0159. The second-order valence-corrected chi connectivity index (χ2v) is 5.95. The molecular weight excluding hydrogens is 254 g/mol. The van der Waals surface area contributed by atoms with Crippen molar-refractivity contribution in [1.29, 1.82) is 0 Å². The number of ketones is 1. The topological polar surface area (TPSA) is 61.4 Å². The van der Waals surface area contributed by atoms with Gasteiger partial charge in [-0.25, -0.2) is 4.98 Å². The molecule has 0 aliphatic carbocycles. The Morgan fingerprint density at radius 2 is 1.95 bits per heavy atom. The van der Waals surface area contributed by atoms with Gasteiger partial charge in [0.2, 0.25) is 5.95 Å². The molecule has 2 unspecified atom stereocenters. The summed E-state index contributed by atoms with van der Waals surface area (Å²) in [6.07, 6.45) is 0. The van der Waals surface area contributed by atoms with Crippen LogP contribution in [0.4, 0.5) is 11.8 Å². The maximum absolute atomic E-state index is 11.6. The second-order valence-electron chi connectivity index (χ2n) is 5.95. The van der Waals surface area contributed by atoms with Crippen molar-refractivity contribution in [2.24, 2.45) is 11.8 Å². The molecule has 6 nitrogen and oxygen atoms in total. The minimum atomic E-state index is -0.0159. The van der Waals surface area contributed by atoms with Gasteiger partial charge in [0.15, 0.2) is 5.78 Å². The van der Waals surface area contributed by atoms with Crippen molar-refractivity contribution in [2.45, 2.75) is 6.92 Å². The first-order valence-electron chi connectivity index (χ1n) is 7.07. The average Bonchev–Trinajstić information content (AvgIpc) is 2.98. The number of nitrogens with one attached hydrogen (secondary N) is 1. The lowest BCUT2D eigenvalue weighted by Gasteiger charge is -2.21. The van der Waals surface area contributed by atoms with E-state index >= 15 is 0 Å². The number of aromatic nitrogens is 2. The van der Waals surface area contributed by atoms with Crippen LogP contribution in [0.3, 0.4) is 0 Å². The van der Waals surface area contributed by atoms with Gasteiger partial charge in [0.05, 0.1) is 0 Å². The zero-order valence-electron chi connectivity index (χ0n) is 12.3. The molecule has 2 aliphatic heterocycles. The Morgan fingerprint density at radius 1 is 1.30 bits per heavy atom. The Kier molecular flexibility index (Phi) is 3.33. The van der Waals surface area contributed by atoms with Crippen LogP contribution in [-0.2, 0) is 0 Å². The molecule has 2 saturated heterocycles. The molecule has 0 bridgehead atoms. The fourth-order valence-electron chi connectivity index (χ4n) is 3.01. The third-order valence-electron chi connectivity index (χ3n) is 4.18. The lowest BCUT2D eigenvalue weighted by atomic mass is 10.0. The second kappa shape index (κ2) is 5.01. The van der Waals surface area contributed by atoms with Crippen molar-refractivity contribution < 1.29 is 4.79 Å². The van der Waals surface area contributed by atoms with Gasteiger partial charge in [-0.1, -0.05) is 0 Å². The van der Waals surface area contributed by atoms with E-state index in [1.165, 1.54) is 0 Å². The van der Waals surface area contributed by atoms with Gasteiger partial charge >= 0.3 is 0 Å². The summed E-state index contributed by atoms with van der Waals surface area (Å²) in [6, 6.07) is 1.82. The Balaban J connectivity index is 1.90. The maximum atomic E-state index is 11.6.